The molecular weight excluding hydrogens is 365 g/mol. The molecule has 0 aliphatic rings. The van der Waals surface area contributed by atoms with Gasteiger partial charge in [-0.2, -0.15) is 0 Å². The summed E-state index contributed by atoms with van der Waals surface area (Å²) in [5, 5.41) is 9.80. The number of phenols is 1. The normalized spacial score (nSPS) is 11.0. The lowest BCUT2D eigenvalue weighted by Gasteiger charge is -2.06. The Labute approximate surface area is 132 Å². The molecular formula is C16H16INO2. The number of ether oxygens (including phenoxy) is 1. The predicted molar refractivity (Wildman–Crippen MR) is 90.5 cm³/mol. The number of nitrogens with zero attached hydrogens (tertiary/aromatic N) is 1. The quantitative estimate of drug-likeness (QED) is 0.634. The molecule has 0 heterocycles. The van der Waals surface area contributed by atoms with Crippen molar-refractivity contribution in [2.45, 2.75) is 13.8 Å². The molecule has 0 saturated heterocycles. The van der Waals surface area contributed by atoms with E-state index in [0.29, 0.717) is 5.75 Å². The van der Waals surface area contributed by atoms with Crippen LogP contribution in [0, 0.1) is 17.4 Å². The molecule has 0 saturated carbocycles. The van der Waals surface area contributed by atoms with Crippen LogP contribution in [0.25, 0.3) is 0 Å². The SMILES string of the molecule is COc1cc(C=Nc2ccc(C)cc2C)cc(I)c1O. The summed E-state index contributed by atoms with van der Waals surface area (Å²) in [6, 6.07) is 9.79. The van der Waals surface area contributed by atoms with Crippen molar-refractivity contribution in [3.05, 3.63) is 50.6 Å². The van der Waals surface area contributed by atoms with E-state index in [-0.39, 0.29) is 5.75 Å². The molecule has 0 fully saturated rings. The van der Waals surface area contributed by atoms with Crippen LogP contribution in [0.3, 0.4) is 0 Å². The summed E-state index contributed by atoms with van der Waals surface area (Å²) in [5.74, 6) is 0.621. The van der Waals surface area contributed by atoms with Gasteiger partial charge in [-0.05, 0) is 65.8 Å². The summed E-state index contributed by atoms with van der Waals surface area (Å²) >= 11 is 2.07. The third-order valence-electron chi connectivity index (χ3n) is 2.98. The van der Waals surface area contributed by atoms with Crippen LogP contribution in [0.2, 0.25) is 0 Å². The van der Waals surface area contributed by atoms with E-state index in [2.05, 4.69) is 40.6 Å². The lowest BCUT2D eigenvalue weighted by Crippen LogP contribution is -1.90. The average Bonchev–Trinajstić information content (AvgIpc) is 2.41. The maximum absolute atomic E-state index is 9.80. The first-order valence-corrected chi connectivity index (χ1v) is 7.27. The van der Waals surface area contributed by atoms with Crippen molar-refractivity contribution in [3.63, 3.8) is 0 Å². The second kappa shape index (κ2) is 6.26. The van der Waals surface area contributed by atoms with Gasteiger partial charge >= 0.3 is 0 Å². The number of phenolic OH excluding ortho intramolecular Hbond substituents is 1. The zero-order valence-electron chi connectivity index (χ0n) is 11.6. The van der Waals surface area contributed by atoms with E-state index in [1.807, 2.05) is 25.1 Å². The molecule has 0 unspecified atom stereocenters. The number of aromatic hydroxyl groups is 1. The molecule has 1 N–H and O–H groups in total. The van der Waals surface area contributed by atoms with Gasteiger partial charge in [0.2, 0.25) is 0 Å². The number of aliphatic imine (C=N–C) groups is 1. The van der Waals surface area contributed by atoms with Gasteiger partial charge in [-0.1, -0.05) is 17.7 Å². The molecule has 4 heteroatoms. The number of rotatable bonds is 3. The van der Waals surface area contributed by atoms with Crippen molar-refractivity contribution in [2.24, 2.45) is 4.99 Å². The van der Waals surface area contributed by atoms with Crippen molar-refractivity contribution < 1.29 is 9.84 Å². The summed E-state index contributed by atoms with van der Waals surface area (Å²) in [7, 11) is 1.54. The lowest BCUT2D eigenvalue weighted by atomic mass is 10.1. The highest BCUT2D eigenvalue weighted by Crippen LogP contribution is 2.32. The number of halogens is 1. The van der Waals surface area contributed by atoms with Crippen LogP contribution in [0.5, 0.6) is 11.5 Å². The van der Waals surface area contributed by atoms with Crippen molar-refractivity contribution in [1.29, 1.82) is 0 Å². The third kappa shape index (κ3) is 3.30. The Morgan fingerprint density at radius 2 is 1.95 bits per heavy atom. The van der Waals surface area contributed by atoms with Crippen molar-refractivity contribution >= 4 is 34.5 Å². The lowest BCUT2D eigenvalue weighted by molar-refractivity contribution is 0.371. The highest BCUT2D eigenvalue weighted by Gasteiger charge is 2.07. The minimum Gasteiger partial charge on any atom is -0.504 e. The standard InChI is InChI=1S/C16H16INO2/c1-10-4-5-14(11(2)6-10)18-9-12-7-13(17)16(19)15(8-12)20-3/h4-9,19H,1-3H3. The first kappa shape index (κ1) is 14.8. The molecule has 0 aliphatic carbocycles. The fourth-order valence-corrected chi connectivity index (χ4v) is 2.54. The smallest absolute Gasteiger partial charge is 0.171 e. The maximum Gasteiger partial charge on any atom is 0.171 e. The minimum atomic E-state index is 0.164. The van der Waals surface area contributed by atoms with Gasteiger partial charge in [0.25, 0.3) is 0 Å². The summed E-state index contributed by atoms with van der Waals surface area (Å²) in [5.41, 5.74) is 4.20. The van der Waals surface area contributed by atoms with E-state index in [9.17, 15) is 5.11 Å². The van der Waals surface area contributed by atoms with Gasteiger partial charge in [0.1, 0.15) is 0 Å². The Hall–Kier alpha value is -1.56. The van der Waals surface area contributed by atoms with Crippen LogP contribution in [-0.2, 0) is 0 Å². The second-order valence-corrected chi connectivity index (χ2v) is 5.76. The number of benzene rings is 2. The van der Waals surface area contributed by atoms with Crippen LogP contribution in [0.15, 0.2) is 35.3 Å². The van der Waals surface area contributed by atoms with Crippen molar-refractivity contribution in [2.75, 3.05) is 7.11 Å². The van der Waals surface area contributed by atoms with Gasteiger partial charge in [-0.25, -0.2) is 0 Å². The molecule has 0 aromatic heterocycles. The Morgan fingerprint density at radius 1 is 1.20 bits per heavy atom. The van der Waals surface area contributed by atoms with Gasteiger partial charge in [0.05, 0.1) is 16.4 Å². The van der Waals surface area contributed by atoms with E-state index in [1.54, 1.807) is 12.3 Å². The minimum absolute atomic E-state index is 0.164. The molecule has 104 valence electrons. The van der Waals surface area contributed by atoms with E-state index in [1.165, 1.54) is 12.7 Å². The first-order valence-electron chi connectivity index (χ1n) is 6.19. The number of hydrogen-bond donors (Lipinski definition) is 1. The van der Waals surface area contributed by atoms with Crippen LogP contribution in [0.4, 0.5) is 5.69 Å². The average molecular weight is 381 g/mol. The molecule has 2 aromatic rings. The predicted octanol–water partition coefficient (Wildman–Crippen LogP) is 4.37. The van der Waals surface area contributed by atoms with E-state index in [0.717, 1.165) is 20.4 Å². The highest BCUT2D eigenvalue weighted by atomic mass is 127. The molecule has 0 atom stereocenters. The topological polar surface area (TPSA) is 41.8 Å². The Bertz CT molecular complexity index is 666. The van der Waals surface area contributed by atoms with Crippen molar-refractivity contribution in [1.82, 2.24) is 0 Å². The molecule has 3 nitrogen and oxygen atoms in total. The zero-order chi connectivity index (χ0) is 14.7. The van der Waals surface area contributed by atoms with Gasteiger partial charge < -0.3 is 9.84 Å². The van der Waals surface area contributed by atoms with E-state index in [4.69, 9.17) is 4.74 Å². The summed E-state index contributed by atoms with van der Waals surface area (Å²) in [6.07, 6.45) is 1.78. The summed E-state index contributed by atoms with van der Waals surface area (Å²) < 4.78 is 5.88. The van der Waals surface area contributed by atoms with Crippen LogP contribution < -0.4 is 4.74 Å². The van der Waals surface area contributed by atoms with Crippen LogP contribution >= 0.6 is 22.6 Å². The van der Waals surface area contributed by atoms with E-state index < -0.39 is 0 Å². The zero-order valence-corrected chi connectivity index (χ0v) is 13.8. The summed E-state index contributed by atoms with van der Waals surface area (Å²) in [4.78, 5) is 4.50. The van der Waals surface area contributed by atoms with Crippen LogP contribution in [-0.4, -0.2) is 18.4 Å². The number of methoxy groups -OCH3 is 1. The molecule has 0 spiro atoms. The third-order valence-corrected chi connectivity index (χ3v) is 3.80. The molecule has 2 rings (SSSR count). The van der Waals surface area contributed by atoms with Gasteiger partial charge in [0, 0.05) is 6.21 Å². The molecule has 0 radical (unpaired) electrons. The number of hydrogen-bond acceptors (Lipinski definition) is 3. The molecule has 0 amide bonds. The Balaban J connectivity index is 2.34. The molecule has 2 aromatic carbocycles. The Kier molecular flexibility index (Phi) is 4.65. The molecule has 0 aliphatic heterocycles. The maximum atomic E-state index is 9.80. The fraction of sp³-hybridized carbons (Fsp3) is 0.188. The van der Waals surface area contributed by atoms with Gasteiger partial charge in [-0.3, -0.25) is 4.99 Å². The second-order valence-electron chi connectivity index (χ2n) is 4.60. The fourth-order valence-electron chi connectivity index (χ4n) is 1.92. The largest absolute Gasteiger partial charge is 0.504 e. The van der Waals surface area contributed by atoms with Crippen LogP contribution in [0.1, 0.15) is 16.7 Å². The van der Waals surface area contributed by atoms with E-state index >= 15 is 0 Å². The molecule has 0 bridgehead atoms. The summed E-state index contributed by atoms with van der Waals surface area (Å²) in [6.45, 7) is 4.11. The first-order chi connectivity index (χ1) is 9.51. The highest BCUT2D eigenvalue weighted by molar-refractivity contribution is 14.1. The molecule has 20 heavy (non-hydrogen) atoms. The number of aryl methyl sites for hydroxylation is 2. The van der Waals surface area contributed by atoms with Gasteiger partial charge in [-0.15, -0.1) is 0 Å². The van der Waals surface area contributed by atoms with Gasteiger partial charge in [0.15, 0.2) is 11.5 Å². The van der Waals surface area contributed by atoms with Crippen molar-refractivity contribution in [3.8, 4) is 11.5 Å². The Morgan fingerprint density at radius 3 is 2.60 bits per heavy atom. The monoisotopic (exact) mass is 381 g/mol.